The minimum absolute atomic E-state index is 0.0292. The lowest BCUT2D eigenvalue weighted by atomic mass is 9.78. The molecule has 0 spiro atoms. The van der Waals surface area contributed by atoms with Gasteiger partial charge >= 0.3 is 5.97 Å². The van der Waals surface area contributed by atoms with E-state index in [-0.39, 0.29) is 11.8 Å². The number of hydrogen-bond acceptors (Lipinski definition) is 3. The first-order chi connectivity index (χ1) is 9.70. The van der Waals surface area contributed by atoms with Crippen LogP contribution >= 0.6 is 0 Å². The second-order valence-electron chi connectivity index (χ2n) is 5.91. The maximum atomic E-state index is 12.2. The molecule has 1 aromatic carbocycles. The van der Waals surface area contributed by atoms with Gasteiger partial charge in [-0.2, -0.15) is 5.26 Å². The number of rotatable bonds is 5. The van der Waals surface area contributed by atoms with Gasteiger partial charge in [-0.3, -0.25) is 9.59 Å². The number of benzene rings is 1. The number of nitrogens with zero attached hydrogens (tertiary/aromatic N) is 1. The number of nitriles is 1. The van der Waals surface area contributed by atoms with Crippen LogP contribution in [-0.4, -0.2) is 23.0 Å². The Hall–Kier alpha value is -2.35. The monoisotopic (exact) mass is 288 g/mol. The van der Waals surface area contributed by atoms with E-state index < -0.39 is 17.4 Å². The summed E-state index contributed by atoms with van der Waals surface area (Å²) in [5.41, 5.74) is -0.199. The molecule has 0 saturated heterocycles. The molecule has 1 aromatic rings. The van der Waals surface area contributed by atoms with E-state index in [9.17, 15) is 14.7 Å². The molecule has 5 heteroatoms. The van der Waals surface area contributed by atoms with E-state index in [1.165, 1.54) is 0 Å². The van der Waals surface area contributed by atoms with Crippen LogP contribution < -0.4 is 5.32 Å². The second kappa shape index (κ2) is 6.40. The lowest BCUT2D eigenvalue weighted by Gasteiger charge is -2.34. The molecule has 0 radical (unpaired) electrons. The molecule has 0 heterocycles. The zero-order valence-electron chi connectivity index (χ0n) is 12.7. The first-order valence-corrected chi connectivity index (χ1v) is 6.74. The zero-order chi connectivity index (χ0) is 16.2. The van der Waals surface area contributed by atoms with Crippen LogP contribution in [0.3, 0.4) is 0 Å². The summed E-state index contributed by atoms with van der Waals surface area (Å²) in [6.45, 7) is 6.93. The zero-order valence-corrected chi connectivity index (χ0v) is 12.7. The number of amides is 1. The molecule has 0 aliphatic rings. The van der Waals surface area contributed by atoms with Crippen LogP contribution in [0, 0.1) is 22.7 Å². The van der Waals surface area contributed by atoms with Crippen molar-refractivity contribution in [1.82, 2.24) is 5.32 Å². The fourth-order valence-electron chi connectivity index (χ4n) is 2.23. The summed E-state index contributed by atoms with van der Waals surface area (Å²) >= 11 is 0. The number of aliphatic carboxylic acids is 1. The van der Waals surface area contributed by atoms with Gasteiger partial charge < -0.3 is 10.4 Å². The third kappa shape index (κ3) is 3.82. The summed E-state index contributed by atoms with van der Waals surface area (Å²) in [5.74, 6) is -1.33. The van der Waals surface area contributed by atoms with Gasteiger partial charge in [0.1, 0.15) is 0 Å². The molecule has 21 heavy (non-hydrogen) atoms. The number of carboxylic acids is 1. The molecule has 0 fully saturated rings. The molecule has 1 rings (SSSR count). The van der Waals surface area contributed by atoms with E-state index in [2.05, 4.69) is 5.32 Å². The number of carbonyl (C=O) groups excluding carboxylic acids is 1. The summed E-state index contributed by atoms with van der Waals surface area (Å²) in [5, 5.41) is 20.9. The first kappa shape index (κ1) is 16.7. The molecule has 112 valence electrons. The van der Waals surface area contributed by atoms with Crippen LogP contribution in [0.2, 0.25) is 0 Å². The second-order valence-corrected chi connectivity index (χ2v) is 5.91. The Labute approximate surface area is 124 Å². The van der Waals surface area contributed by atoms with Crippen molar-refractivity contribution in [3.8, 4) is 6.07 Å². The molecule has 2 N–H and O–H groups in total. The minimum Gasteiger partial charge on any atom is -0.481 e. The van der Waals surface area contributed by atoms with Crippen molar-refractivity contribution < 1.29 is 14.7 Å². The first-order valence-electron chi connectivity index (χ1n) is 6.74. The predicted octanol–water partition coefficient (Wildman–Crippen LogP) is 2.42. The molecular formula is C16H20N2O3. The maximum absolute atomic E-state index is 12.2. The third-order valence-electron chi connectivity index (χ3n) is 3.56. The lowest BCUT2D eigenvalue weighted by Crippen LogP contribution is -2.51. The minimum atomic E-state index is -1.07. The topological polar surface area (TPSA) is 90.2 Å². The molecule has 0 aliphatic heterocycles. The van der Waals surface area contributed by atoms with Crippen LogP contribution in [0.5, 0.6) is 0 Å². The van der Waals surface area contributed by atoms with Crippen LogP contribution in [0.15, 0.2) is 24.3 Å². The third-order valence-corrected chi connectivity index (χ3v) is 3.56. The number of hydrogen-bond donors (Lipinski definition) is 2. The van der Waals surface area contributed by atoms with Gasteiger partial charge in [0, 0.05) is 11.6 Å². The van der Waals surface area contributed by atoms with Gasteiger partial charge in [0.05, 0.1) is 17.0 Å². The number of nitrogens with one attached hydrogen (secondary N) is 1. The van der Waals surface area contributed by atoms with Gasteiger partial charge in [-0.25, -0.2) is 0 Å². The Kier molecular flexibility index (Phi) is 5.09. The highest BCUT2D eigenvalue weighted by Gasteiger charge is 2.39. The SMILES string of the molecule is CC(C)C(NC(=O)c1ccc(C#N)cc1)C(C)(C)C(=O)O. The van der Waals surface area contributed by atoms with E-state index in [1.807, 2.05) is 19.9 Å². The van der Waals surface area contributed by atoms with Gasteiger partial charge in [0.2, 0.25) is 0 Å². The molecule has 0 aromatic heterocycles. The normalized spacial score (nSPS) is 12.6. The molecule has 0 aliphatic carbocycles. The van der Waals surface area contributed by atoms with Crippen LogP contribution in [0.1, 0.15) is 43.6 Å². The number of carbonyl (C=O) groups is 2. The highest BCUT2D eigenvalue weighted by atomic mass is 16.4. The largest absolute Gasteiger partial charge is 0.481 e. The highest BCUT2D eigenvalue weighted by Crippen LogP contribution is 2.26. The van der Waals surface area contributed by atoms with E-state index in [1.54, 1.807) is 38.1 Å². The lowest BCUT2D eigenvalue weighted by molar-refractivity contribution is -0.149. The van der Waals surface area contributed by atoms with Crippen molar-refractivity contribution in [1.29, 1.82) is 5.26 Å². The highest BCUT2D eigenvalue weighted by molar-refractivity contribution is 5.95. The number of carboxylic acid groups (broad SMARTS) is 1. The van der Waals surface area contributed by atoms with Gasteiger partial charge in [0.15, 0.2) is 0 Å². The Morgan fingerprint density at radius 2 is 1.76 bits per heavy atom. The van der Waals surface area contributed by atoms with E-state index in [0.717, 1.165) is 0 Å². The Bertz CT molecular complexity index is 568. The Morgan fingerprint density at radius 3 is 2.14 bits per heavy atom. The fourth-order valence-corrected chi connectivity index (χ4v) is 2.23. The average molecular weight is 288 g/mol. The quantitative estimate of drug-likeness (QED) is 0.870. The summed E-state index contributed by atoms with van der Waals surface area (Å²) in [4.78, 5) is 23.6. The van der Waals surface area contributed by atoms with Crippen LogP contribution in [0.4, 0.5) is 0 Å². The molecule has 0 saturated carbocycles. The molecule has 1 amide bonds. The summed E-state index contributed by atoms with van der Waals surface area (Å²) < 4.78 is 0. The van der Waals surface area contributed by atoms with E-state index in [0.29, 0.717) is 11.1 Å². The van der Waals surface area contributed by atoms with Crippen molar-refractivity contribution >= 4 is 11.9 Å². The van der Waals surface area contributed by atoms with Gasteiger partial charge in [-0.15, -0.1) is 0 Å². The predicted molar refractivity (Wildman–Crippen MR) is 78.7 cm³/mol. The van der Waals surface area contributed by atoms with Crippen LogP contribution in [-0.2, 0) is 4.79 Å². The Morgan fingerprint density at radius 1 is 1.24 bits per heavy atom. The maximum Gasteiger partial charge on any atom is 0.311 e. The molecular weight excluding hydrogens is 268 g/mol. The Balaban J connectivity index is 2.96. The summed E-state index contributed by atoms with van der Waals surface area (Å²) in [6, 6.07) is 7.70. The van der Waals surface area contributed by atoms with Gasteiger partial charge in [-0.05, 0) is 44.0 Å². The smallest absolute Gasteiger partial charge is 0.311 e. The van der Waals surface area contributed by atoms with Crippen molar-refractivity contribution in [2.45, 2.75) is 33.7 Å². The van der Waals surface area contributed by atoms with Crippen molar-refractivity contribution in [2.75, 3.05) is 0 Å². The van der Waals surface area contributed by atoms with Gasteiger partial charge in [-0.1, -0.05) is 13.8 Å². The summed E-state index contributed by atoms with van der Waals surface area (Å²) in [6.07, 6.45) is 0. The van der Waals surface area contributed by atoms with E-state index in [4.69, 9.17) is 5.26 Å². The van der Waals surface area contributed by atoms with E-state index >= 15 is 0 Å². The average Bonchev–Trinajstić information content (AvgIpc) is 2.43. The molecule has 0 bridgehead atoms. The molecule has 1 atom stereocenters. The van der Waals surface area contributed by atoms with Crippen molar-refractivity contribution in [3.05, 3.63) is 35.4 Å². The van der Waals surface area contributed by atoms with Crippen LogP contribution in [0.25, 0.3) is 0 Å². The van der Waals surface area contributed by atoms with Gasteiger partial charge in [0.25, 0.3) is 5.91 Å². The van der Waals surface area contributed by atoms with Crippen molar-refractivity contribution in [3.63, 3.8) is 0 Å². The standard InChI is InChI=1S/C16H20N2O3/c1-10(2)13(16(3,4)15(20)21)18-14(19)12-7-5-11(9-17)6-8-12/h5-8,10,13H,1-4H3,(H,18,19)(H,20,21). The molecule has 5 nitrogen and oxygen atoms in total. The summed E-state index contributed by atoms with van der Waals surface area (Å²) in [7, 11) is 0. The molecule has 1 unspecified atom stereocenters. The fraction of sp³-hybridized carbons (Fsp3) is 0.438. The van der Waals surface area contributed by atoms with Crippen molar-refractivity contribution in [2.24, 2.45) is 11.3 Å².